The Morgan fingerprint density at radius 1 is 1.04 bits per heavy atom. The summed E-state index contributed by atoms with van der Waals surface area (Å²) in [6.07, 6.45) is 4.91. The van der Waals surface area contributed by atoms with E-state index in [1.165, 1.54) is 6.20 Å². The standard InChI is InChI=1S/C18H22N6O2/c1-13(2)22-16(25)15-12-14(4-7-19-15)17(26)23-8-10-24(11-9-23)18-20-5-3-6-21-18/h3-7,12-13H,8-11H2,1-2H3,(H,22,25). The zero-order chi connectivity index (χ0) is 18.5. The minimum Gasteiger partial charge on any atom is -0.349 e. The average molecular weight is 354 g/mol. The molecule has 8 nitrogen and oxygen atoms in total. The first-order valence-corrected chi connectivity index (χ1v) is 8.63. The number of carbonyl (C=O) groups is 2. The highest BCUT2D eigenvalue weighted by atomic mass is 16.2. The summed E-state index contributed by atoms with van der Waals surface area (Å²) in [4.78, 5) is 41.2. The van der Waals surface area contributed by atoms with E-state index in [1.807, 2.05) is 13.8 Å². The molecule has 1 N–H and O–H groups in total. The van der Waals surface area contributed by atoms with E-state index in [-0.39, 0.29) is 23.6 Å². The molecule has 0 bridgehead atoms. The minimum absolute atomic E-state index is 0.0111. The molecule has 0 atom stereocenters. The van der Waals surface area contributed by atoms with Gasteiger partial charge < -0.3 is 15.1 Å². The van der Waals surface area contributed by atoms with E-state index in [1.54, 1.807) is 35.5 Å². The Labute approximate surface area is 152 Å². The first-order valence-electron chi connectivity index (χ1n) is 8.63. The summed E-state index contributed by atoms with van der Waals surface area (Å²) in [5.41, 5.74) is 0.721. The van der Waals surface area contributed by atoms with Crippen molar-refractivity contribution in [1.82, 2.24) is 25.2 Å². The molecule has 0 spiro atoms. The summed E-state index contributed by atoms with van der Waals surface area (Å²) in [7, 11) is 0. The van der Waals surface area contributed by atoms with E-state index in [0.29, 0.717) is 37.7 Å². The van der Waals surface area contributed by atoms with Crippen molar-refractivity contribution in [3.05, 3.63) is 48.0 Å². The molecular weight excluding hydrogens is 332 g/mol. The molecular formula is C18H22N6O2. The van der Waals surface area contributed by atoms with Crippen LogP contribution in [0.25, 0.3) is 0 Å². The Kier molecular flexibility index (Phi) is 5.40. The summed E-state index contributed by atoms with van der Waals surface area (Å²) in [5, 5.41) is 2.78. The van der Waals surface area contributed by atoms with Gasteiger partial charge in [-0.3, -0.25) is 14.6 Å². The maximum atomic E-state index is 12.8. The molecule has 2 amide bonds. The molecule has 2 aromatic heterocycles. The van der Waals surface area contributed by atoms with Gasteiger partial charge in [0, 0.05) is 56.4 Å². The van der Waals surface area contributed by atoms with E-state index in [9.17, 15) is 9.59 Å². The molecule has 3 rings (SSSR count). The number of nitrogens with one attached hydrogen (secondary N) is 1. The zero-order valence-corrected chi connectivity index (χ0v) is 14.9. The number of hydrogen-bond donors (Lipinski definition) is 1. The Morgan fingerprint density at radius 3 is 2.38 bits per heavy atom. The van der Waals surface area contributed by atoms with Crippen molar-refractivity contribution >= 4 is 17.8 Å². The number of amides is 2. The molecule has 3 heterocycles. The maximum Gasteiger partial charge on any atom is 0.270 e. The van der Waals surface area contributed by atoms with Crippen molar-refractivity contribution in [3.8, 4) is 0 Å². The number of aromatic nitrogens is 3. The van der Waals surface area contributed by atoms with Gasteiger partial charge >= 0.3 is 0 Å². The van der Waals surface area contributed by atoms with Crippen LogP contribution in [0.5, 0.6) is 0 Å². The van der Waals surface area contributed by atoms with Gasteiger partial charge in [-0.15, -0.1) is 0 Å². The van der Waals surface area contributed by atoms with Crippen LogP contribution < -0.4 is 10.2 Å². The number of piperazine rings is 1. The van der Waals surface area contributed by atoms with E-state index in [2.05, 4.69) is 25.2 Å². The third kappa shape index (κ3) is 4.14. The Hall–Kier alpha value is -3.03. The van der Waals surface area contributed by atoms with Crippen molar-refractivity contribution in [1.29, 1.82) is 0 Å². The van der Waals surface area contributed by atoms with Crippen LogP contribution in [0.3, 0.4) is 0 Å². The number of hydrogen-bond acceptors (Lipinski definition) is 6. The van der Waals surface area contributed by atoms with Crippen LogP contribution in [0.1, 0.15) is 34.7 Å². The van der Waals surface area contributed by atoms with E-state index < -0.39 is 0 Å². The van der Waals surface area contributed by atoms with E-state index >= 15 is 0 Å². The highest BCUT2D eigenvalue weighted by Crippen LogP contribution is 2.13. The first-order chi connectivity index (χ1) is 12.5. The SMILES string of the molecule is CC(C)NC(=O)c1cc(C(=O)N2CCN(c3ncccn3)CC2)ccn1. The van der Waals surface area contributed by atoms with Crippen molar-refractivity contribution in [3.63, 3.8) is 0 Å². The van der Waals surface area contributed by atoms with Crippen LogP contribution in [-0.2, 0) is 0 Å². The lowest BCUT2D eigenvalue weighted by Crippen LogP contribution is -2.49. The van der Waals surface area contributed by atoms with Crippen LogP contribution in [0.15, 0.2) is 36.8 Å². The molecule has 8 heteroatoms. The molecule has 1 fully saturated rings. The third-order valence-electron chi connectivity index (χ3n) is 4.06. The van der Waals surface area contributed by atoms with Crippen LogP contribution in [0.2, 0.25) is 0 Å². The summed E-state index contributed by atoms with van der Waals surface area (Å²) in [6, 6.07) is 4.98. The van der Waals surface area contributed by atoms with Crippen LogP contribution >= 0.6 is 0 Å². The van der Waals surface area contributed by atoms with Gasteiger partial charge in [-0.2, -0.15) is 0 Å². The normalized spacial score (nSPS) is 14.4. The molecule has 0 radical (unpaired) electrons. The Bertz CT molecular complexity index is 772. The number of anilines is 1. The quantitative estimate of drug-likeness (QED) is 0.880. The molecule has 1 aliphatic heterocycles. The van der Waals surface area contributed by atoms with Gasteiger partial charge in [-0.25, -0.2) is 9.97 Å². The van der Waals surface area contributed by atoms with Gasteiger partial charge in [-0.1, -0.05) is 0 Å². The largest absolute Gasteiger partial charge is 0.349 e. The summed E-state index contributed by atoms with van der Waals surface area (Å²) >= 11 is 0. The lowest BCUT2D eigenvalue weighted by molar-refractivity contribution is 0.0746. The Balaban J connectivity index is 1.64. The topological polar surface area (TPSA) is 91.3 Å². The molecule has 0 aromatic carbocycles. The molecule has 1 aliphatic rings. The maximum absolute atomic E-state index is 12.8. The number of carbonyl (C=O) groups excluding carboxylic acids is 2. The number of nitrogens with zero attached hydrogens (tertiary/aromatic N) is 5. The van der Waals surface area contributed by atoms with Crippen LogP contribution in [0.4, 0.5) is 5.95 Å². The predicted molar refractivity (Wildman–Crippen MR) is 97.0 cm³/mol. The zero-order valence-electron chi connectivity index (χ0n) is 14.9. The van der Waals surface area contributed by atoms with Gasteiger partial charge in [0.15, 0.2) is 0 Å². The lowest BCUT2D eigenvalue weighted by atomic mass is 10.1. The van der Waals surface area contributed by atoms with Gasteiger partial charge in [0.2, 0.25) is 5.95 Å². The van der Waals surface area contributed by atoms with Gasteiger partial charge in [0.1, 0.15) is 5.69 Å². The molecule has 2 aromatic rings. The lowest BCUT2D eigenvalue weighted by Gasteiger charge is -2.34. The van der Waals surface area contributed by atoms with Gasteiger partial charge in [0.05, 0.1) is 0 Å². The molecule has 26 heavy (non-hydrogen) atoms. The molecule has 0 unspecified atom stereocenters. The van der Waals surface area contributed by atoms with Crippen LogP contribution in [0, 0.1) is 0 Å². The van der Waals surface area contributed by atoms with E-state index in [0.717, 1.165) is 0 Å². The highest BCUT2D eigenvalue weighted by Gasteiger charge is 2.24. The smallest absolute Gasteiger partial charge is 0.270 e. The second-order valence-corrected chi connectivity index (χ2v) is 6.39. The molecule has 0 aliphatic carbocycles. The van der Waals surface area contributed by atoms with Crippen molar-refractivity contribution in [2.24, 2.45) is 0 Å². The van der Waals surface area contributed by atoms with Crippen LogP contribution in [-0.4, -0.2) is 63.9 Å². The fourth-order valence-corrected chi connectivity index (χ4v) is 2.77. The minimum atomic E-state index is -0.277. The summed E-state index contributed by atoms with van der Waals surface area (Å²) < 4.78 is 0. The Morgan fingerprint density at radius 2 is 1.73 bits per heavy atom. The number of rotatable bonds is 4. The molecule has 136 valence electrons. The van der Waals surface area contributed by atoms with Gasteiger partial charge in [0.25, 0.3) is 11.8 Å². The monoisotopic (exact) mass is 354 g/mol. The number of pyridine rings is 1. The second-order valence-electron chi connectivity index (χ2n) is 6.39. The molecule has 1 saturated heterocycles. The summed E-state index contributed by atoms with van der Waals surface area (Å²) in [5.74, 6) is 0.302. The van der Waals surface area contributed by atoms with Gasteiger partial charge in [-0.05, 0) is 32.0 Å². The first kappa shape index (κ1) is 17.8. The van der Waals surface area contributed by atoms with Crippen molar-refractivity contribution in [2.75, 3.05) is 31.1 Å². The third-order valence-corrected chi connectivity index (χ3v) is 4.06. The van der Waals surface area contributed by atoms with E-state index in [4.69, 9.17) is 0 Å². The van der Waals surface area contributed by atoms with Crippen molar-refractivity contribution < 1.29 is 9.59 Å². The second kappa shape index (κ2) is 7.90. The summed E-state index contributed by atoms with van der Waals surface area (Å²) in [6.45, 7) is 6.24. The predicted octanol–water partition coefficient (Wildman–Crippen LogP) is 0.972. The molecule has 0 saturated carbocycles. The fourth-order valence-electron chi connectivity index (χ4n) is 2.77. The highest BCUT2D eigenvalue weighted by molar-refractivity contribution is 5.98. The average Bonchev–Trinajstić information content (AvgIpc) is 2.68. The van der Waals surface area contributed by atoms with Crippen molar-refractivity contribution in [2.45, 2.75) is 19.9 Å². The fraction of sp³-hybridized carbons (Fsp3) is 0.389.